The second kappa shape index (κ2) is 5.86. The molecule has 0 aromatic rings. The average molecular weight is 213 g/mol. The molecule has 15 heavy (non-hydrogen) atoms. The summed E-state index contributed by atoms with van der Waals surface area (Å²) in [4.78, 5) is 0. The number of nitrogens with one attached hydrogen (secondary N) is 1. The second-order valence-electron chi connectivity index (χ2n) is 6.15. The molecule has 2 nitrogen and oxygen atoms in total. The smallest absolute Gasteiger partial charge is 0.0462 e. The van der Waals surface area contributed by atoms with Gasteiger partial charge in [-0.3, -0.25) is 0 Å². The third-order valence-corrected chi connectivity index (χ3v) is 3.51. The molecule has 0 radical (unpaired) electrons. The highest BCUT2D eigenvalue weighted by Gasteiger charge is 2.25. The molecule has 0 spiro atoms. The van der Waals surface area contributed by atoms with Gasteiger partial charge in [-0.15, -0.1) is 0 Å². The van der Waals surface area contributed by atoms with Crippen molar-refractivity contribution in [1.29, 1.82) is 0 Å². The van der Waals surface area contributed by atoms with Gasteiger partial charge in [0.2, 0.25) is 0 Å². The van der Waals surface area contributed by atoms with E-state index in [1.165, 1.54) is 25.7 Å². The Morgan fingerprint density at radius 1 is 1.20 bits per heavy atom. The maximum atomic E-state index is 9.19. The molecule has 0 aromatic carbocycles. The molecule has 2 heteroatoms. The van der Waals surface area contributed by atoms with Crippen LogP contribution in [0.25, 0.3) is 0 Å². The van der Waals surface area contributed by atoms with E-state index in [1.807, 2.05) is 0 Å². The molecule has 1 fully saturated rings. The van der Waals surface area contributed by atoms with Gasteiger partial charge in [0.15, 0.2) is 0 Å². The zero-order valence-electron chi connectivity index (χ0n) is 10.6. The Labute approximate surface area is 94.5 Å². The SMILES string of the molecule is CC(C)(C)CCNCC1CCCC1CO. The van der Waals surface area contributed by atoms with Crippen molar-refractivity contribution in [3.05, 3.63) is 0 Å². The lowest BCUT2D eigenvalue weighted by Crippen LogP contribution is -2.29. The van der Waals surface area contributed by atoms with Crippen molar-refractivity contribution in [1.82, 2.24) is 5.32 Å². The number of rotatable bonds is 5. The van der Waals surface area contributed by atoms with Crippen molar-refractivity contribution < 1.29 is 5.11 Å². The Morgan fingerprint density at radius 2 is 1.87 bits per heavy atom. The van der Waals surface area contributed by atoms with Gasteiger partial charge in [-0.2, -0.15) is 0 Å². The summed E-state index contributed by atoms with van der Waals surface area (Å²) in [6.07, 6.45) is 5.05. The minimum atomic E-state index is 0.381. The quantitative estimate of drug-likeness (QED) is 0.687. The van der Waals surface area contributed by atoms with Crippen LogP contribution in [0.3, 0.4) is 0 Å². The molecule has 2 atom stereocenters. The number of hydrogen-bond donors (Lipinski definition) is 2. The van der Waals surface area contributed by atoms with Crippen LogP contribution in [0.2, 0.25) is 0 Å². The summed E-state index contributed by atoms with van der Waals surface area (Å²) in [6, 6.07) is 0. The van der Waals surface area contributed by atoms with Gasteiger partial charge >= 0.3 is 0 Å². The minimum Gasteiger partial charge on any atom is -0.396 e. The highest BCUT2D eigenvalue weighted by Crippen LogP contribution is 2.30. The number of aliphatic hydroxyl groups excluding tert-OH is 1. The molecule has 90 valence electrons. The van der Waals surface area contributed by atoms with Gasteiger partial charge in [-0.05, 0) is 49.6 Å². The average Bonchev–Trinajstić information content (AvgIpc) is 2.58. The van der Waals surface area contributed by atoms with Crippen LogP contribution < -0.4 is 5.32 Å². The van der Waals surface area contributed by atoms with E-state index in [1.54, 1.807) is 0 Å². The summed E-state index contributed by atoms with van der Waals surface area (Å²) in [5.41, 5.74) is 0.430. The second-order valence-corrected chi connectivity index (χ2v) is 6.15. The summed E-state index contributed by atoms with van der Waals surface area (Å²) in [6.45, 7) is 9.42. The zero-order valence-corrected chi connectivity index (χ0v) is 10.6. The lowest BCUT2D eigenvalue weighted by molar-refractivity contribution is 0.191. The molecular weight excluding hydrogens is 186 g/mol. The first-order valence-electron chi connectivity index (χ1n) is 6.34. The van der Waals surface area contributed by atoms with Gasteiger partial charge in [0, 0.05) is 6.61 Å². The Morgan fingerprint density at radius 3 is 2.47 bits per heavy atom. The molecule has 0 amide bonds. The molecule has 2 N–H and O–H groups in total. The van der Waals surface area contributed by atoms with Crippen LogP contribution in [0.5, 0.6) is 0 Å². The van der Waals surface area contributed by atoms with Crippen molar-refractivity contribution in [2.75, 3.05) is 19.7 Å². The van der Waals surface area contributed by atoms with E-state index in [0.717, 1.165) is 19.0 Å². The lowest BCUT2D eigenvalue weighted by Gasteiger charge is -2.21. The summed E-state index contributed by atoms with van der Waals surface area (Å²) in [7, 11) is 0. The molecule has 0 aliphatic heterocycles. The monoisotopic (exact) mass is 213 g/mol. The largest absolute Gasteiger partial charge is 0.396 e. The predicted octanol–water partition coefficient (Wildman–Crippen LogP) is 2.42. The van der Waals surface area contributed by atoms with Gasteiger partial charge in [-0.25, -0.2) is 0 Å². The minimum absolute atomic E-state index is 0.381. The van der Waals surface area contributed by atoms with E-state index in [-0.39, 0.29) is 0 Å². The van der Waals surface area contributed by atoms with E-state index in [0.29, 0.717) is 17.9 Å². The van der Waals surface area contributed by atoms with E-state index in [9.17, 15) is 5.11 Å². The van der Waals surface area contributed by atoms with Crippen molar-refractivity contribution in [2.45, 2.75) is 46.5 Å². The van der Waals surface area contributed by atoms with Gasteiger partial charge in [-0.1, -0.05) is 27.2 Å². The molecule has 1 saturated carbocycles. The van der Waals surface area contributed by atoms with E-state index >= 15 is 0 Å². The van der Waals surface area contributed by atoms with Crippen molar-refractivity contribution in [2.24, 2.45) is 17.3 Å². The molecule has 0 aromatic heterocycles. The van der Waals surface area contributed by atoms with Crippen LogP contribution >= 0.6 is 0 Å². The highest BCUT2D eigenvalue weighted by atomic mass is 16.3. The molecule has 1 aliphatic rings. The van der Waals surface area contributed by atoms with Gasteiger partial charge < -0.3 is 10.4 Å². The first-order chi connectivity index (χ1) is 7.03. The van der Waals surface area contributed by atoms with Crippen molar-refractivity contribution >= 4 is 0 Å². The summed E-state index contributed by atoms with van der Waals surface area (Å²) in [5, 5.41) is 12.7. The maximum Gasteiger partial charge on any atom is 0.0462 e. The van der Waals surface area contributed by atoms with Gasteiger partial charge in [0.05, 0.1) is 0 Å². The Hall–Kier alpha value is -0.0800. The fourth-order valence-corrected chi connectivity index (χ4v) is 2.37. The predicted molar refractivity (Wildman–Crippen MR) is 64.9 cm³/mol. The van der Waals surface area contributed by atoms with Crippen LogP contribution in [0.15, 0.2) is 0 Å². The van der Waals surface area contributed by atoms with Gasteiger partial charge in [0.1, 0.15) is 0 Å². The highest BCUT2D eigenvalue weighted by molar-refractivity contribution is 4.78. The zero-order chi connectivity index (χ0) is 11.3. The first-order valence-corrected chi connectivity index (χ1v) is 6.34. The van der Waals surface area contributed by atoms with Crippen LogP contribution in [0.4, 0.5) is 0 Å². The number of aliphatic hydroxyl groups is 1. The van der Waals surface area contributed by atoms with Gasteiger partial charge in [0.25, 0.3) is 0 Å². The topological polar surface area (TPSA) is 32.3 Å². The first kappa shape index (κ1) is 13.0. The molecule has 1 rings (SSSR count). The van der Waals surface area contributed by atoms with E-state index < -0.39 is 0 Å². The molecule has 0 heterocycles. The summed E-state index contributed by atoms with van der Waals surface area (Å²) in [5.74, 6) is 1.28. The lowest BCUT2D eigenvalue weighted by atomic mass is 9.92. The van der Waals surface area contributed by atoms with Crippen LogP contribution in [-0.2, 0) is 0 Å². The Bertz CT molecular complexity index is 174. The van der Waals surface area contributed by atoms with Crippen LogP contribution in [-0.4, -0.2) is 24.8 Å². The van der Waals surface area contributed by atoms with Crippen molar-refractivity contribution in [3.8, 4) is 0 Å². The van der Waals surface area contributed by atoms with Crippen LogP contribution in [0, 0.1) is 17.3 Å². The van der Waals surface area contributed by atoms with Crippen molar-refractivity contribution in [3.63, 3.8) is 0 Å². The van der Waals surface area contributed by atoms with E-state index in [4.69, 9.17) is 0 Å². The summed E-state index contributed by atoms with van der Waals surface area (Å²) < 4.78 is 0. The third-order valence-electron chi connectivity index (χ3n) is 3.51. The fourth-order valence-electron chi connectivity index (χ4n) is 2.37. The standard InChI is InChI=1S/C13H27NO/c1-13(2,3)7-8-14-9-11-5-4-6-12(11)10-15/h11-12,14-15H,4-10H2,1-3H3. The van der Waals surface area contributed by atoms with Crippen LogP contribution in [0.1, 0.15) is 46.5 Å². The normalized spacial score (nSPS) is 27.2. The van der Waals surface area contributed by atoms with E-state index in [2.05, 4.69) is 26.1 Å². The third kappa shape index (κ3) is 4.98. The molecule has 2 unspecified atom stereocenters. The number of hydrogen-bond acceptors (Lipinski definition) is 2. The fraction of sp³-hybridized carbons (Fsp3) is 1.00. The Kier molecular flexibility index (Phi) is 5.07. The molecule has 0 saturated heterocycles. The molecule has 1 aliphatic carbocycles. The maximum absolute atomic E-state index is 9.19. The molecule has 0 bridgehead atoms. The molecular formula is C13H27NO. The summed E-state index contributed by atoms with van der Waals surface area (Å²) >= 11 is 0. The Balaban J connectivity index is 2.09.